The number of nitrogens with two attached hydrogens (primary N) is 1. The molecule has 0 bridgehead atoms. The van der Waals surface area contributed by atoms with Gasteiger partial charge in [0, 0.05) is 17.3 Å². The molecule has 2 amide bonds. The number of nitrogen functional groups attached to an aromatic ring is 1. The Morgan fingerprint density at radius 3 is 2.65 bits per heavy atom. The van der Waals surface area contributed by atoms with Crippen molar-refractivity contribution in [1.29, 1.82) is 0 Å². The van der Waals surface area contributed by atoms with Crippen molar-refractivity contribution in [1.82, 2.24) is 0 Å². The summed E-state index contributed by atoms with van der Waals surface area (Å²) in [5.74, 6) is 1.22. The van der Waals surface area contributed by atoms with Crippen molar-refractivity contribution in [2.45, 2.75) is 25.9 Å². The molecule has 1 aliphatic heterocycles. The number of rotatable bonds is 12. The van der Waals surface area contributed by atoms with Gasteiger partial charge in [0.1, 0.15) is 18.5 Å². The third-order valence-corrected chi connectivity index (χ3v) is 6.22. The average Bonchev–Trinajstić information content (AvgIpc) is 3.42. The van der Waals surface area contributed by atoms with E-state index in [0.29, 0.717) is 52.7 Å². The minimum Gasteiger partial charge on any atom is -0.491 e. The Morgan fingerprint density at radius 2 is 1.82 bits per heavy atom. The van der Waals surface area contributed by atoms with Gasteiger partial charge in [0.15, 0.2) is 11.5 Å². The van der Waals surface area contributed by atoms with Crippen LogP contribution >= 0.6 is 0 Å². The smallest absolute Gasteiger partial charge is 0.412 e. The van der Waals surface area contributed by atoms with E-state index in [1.54, 1.807) is 54.6 Å². The topological polar surface area (TPSA) is 141 Å². The zero-order valence-electron chi connectivity index (χ0n) is 22.2. The van der Waals surface area contributed by atoms with Crippen molar-refractivity contribution in [3.05, 3.63) is 84.4 Å². The highest BCUT2D eigenvalue weighted by Gasteiger charge is 2.27. The summed E-state index contributed by atoms with van der Waals surface area (Å²) in [6, 6.07) is 19.4. The fourth-order valence-electron chi connectivity index (χ4n) is 4.21. The lowest BCUT2D eigenvalue weighted by Gasteiger charge is -2.26. The Balaban J connectivity index is 1.42. The fraction of sp³-hybridized carbons (Fsp3) is 0.267. The van der Waals surface area contributed by atoms with Crippen LogP contribution in [-0.4, -0.2) is 37.1 Å². The number of para-hydroxylation sites is 3. The summed E-state index contributed by atoms with van der Waals surface area (Å²) in [6.45, 7) is 2.04. The van der Waals surface area contributed by atoms with Crippen molar-refractivity contribution in [2.75, 3.05) is 36.4 Å². The SMILES string of the molecule is C[C@H](CC/C=C/C(=O)Nc1ccccc1N)[C@H](OC(=O)Nc1ccc2c(c1)OCO2)c1ccccc1OCCO. The number of carbonyl (C=O) groups excluding carboxylic acids is 2. The predicted octanol–water partition coefficient (Wildman–Crippen LogP) is 5.27. The number of allylic oxidation sites excluding steroid dienone is 1. The molecule has 0 unspecified atom stereocenters. The average molecular weight is 548 g/mol. The fourth-order valence-corrected chi connectivity index (χ4v) is 4.21. The molecule has 3 aromatic rings. The van der Waals surface area contributed by atoms with Crippen LogP contribution in [0.2, 0.25) is 0 Å². The lowest BCUT2D eigenvalue weighted by atomic mass is 9.92. The van der Waals surface area contributed by atoms with Gasteiger partial charge in [-0.25, -0.2) is 4.79 Å². The second-order valence-corrected chi connectivity index (χ2v) is 9.16. The van der Waals surface area contributed by atoms with E-state index in [1.807, 2.05) is 25.1 Å². The Hall–Kier alpha value is -4.70. The number of aliphatic hydroxyl groups is 1. The van der Waals surface area contributed by atoms with Gasteiger partial charge < -0.3 is 35.1 Å². The molecule has 40 heavy (non-hydrogen) atoms. The van der Waals surface area contributed by atoms with E-state index in [2.05, 4.69) is 10.6 Å². The molecule has 10 nitrogen and oxygen atoms in total. The standard InChI is InChI=1S/C30H33N3O7/c1-20(8-2-7-13-28(35)33-24-11-5-4-10-23(24)31)29(22-9-3-6-12-25(22)37-17-16-34)40-30(36)32-21-14-15-26-27(18-21)39-19-38-26/h3-7,9-15,18,20,29,34H,2,8,16-17,19,31H2,1H3,(H,32,36)(H,33,35)/b13-7+/t20-,29+/m1/s1. The number of carbonyl (C=O) groups is 2. The maximum absolute atomic E-state index is 13.0. The highest BCUT2D eigenvalue weighted by molar-refractivity contribution is 6.01. The quantitative estimate of drug-likeness (QED) is 0.178. The van der Waals surface area contributed by atoms with E-state index >= 15 is 0 Å². The van der Waals surface area contributed by atoms with Crippen LogP contribution < -0.4 is 30.6 Å². The summed E-state index contributed by atoms with van der Waals surface area (Å²) >= 11 is 0. The van der Waals surface area contributed by atoms with Crippen LogP contribution in [0.5, 0.6) is 17.2 Å². The summed E-state index contributed by atoms with van der Waals surface area (Å²) in [7, 11) is 0. The van der Waals surface area contributed by atoms with Crippen molar-refractivity contribution in [3.8, 4) is 17.2 Å². The molecule has 0 saturated carbocycles. The molecule has 1 heterocycles. The number of anilines is 3. The van der Waals surface area contributed by atoms with Crippen molar-refractivity contribution >= 4 is 29.1 Å². The number of benzene rings is 3. The molecule has 0 aliphatic carbocycles. The number of fused-ring (bicyclic) bond motifs is 1. The first-order valence-electron chi connectivity index (χ1n) is 13.0. The van der Waals surface area contributed by atoms with E-state index in [1.165, 1.54) is 6.08 Å². The molecule has 1 aliphatic rings. The largest absolute Gasteiger partial charge is 0.491 e. The predicted molar refractivity (Wildman–Crippen MR) is 151 cm³/mol. The van der Waals surface area contributed by atoms with Gasteiger partial charge in [-0.05, 0) is 55.2 Å². The molecular formula is C30H33N3O7. The van der Waals surface area contributed by atoms with Crippen LogP contribution in [0, 0.1) is 5.92 Å². The summed E-state index contributed by atoms with van der Waals surface area (Å²) in [6.07, 6.45) is 3.07. The lowest BCUT2D eigenvalue weighted by Crippen LogP contribution is -2.22. The number of aliphatic hydroxyl groups excluding tert-OH is 1. The number of nitrogens with one attached hydrogen (secondary N) is 2. The molecule has 3 aromatic carbocycles. The highest BCUT2D eigenvalue weighted by atomic mass is 16.7. The maximum Gasteiger partial charge on any atom is 0.412 e. The highest BCUT2D eigenvalue weighted by Crippen LogP contribution is 2.37. The van der Waals surface area contributed by atoms with Crippen LogP contribution in [0.15, 0.2) is 78.9 Å². The van der Waals surface area contributed by atoms with E-state index in [9.17, 15) is 14.7 Å². The van der Waals surface area contributed by atoms with Crippen molar-refractivity contribution < 1.29 is 33.6 Å². The Morgan fingerprint density at radius 1 is 1.05 bits per heavy atom. The summed E-state index contributed by atoms with van der Waals surface area (Å²) in [4.78, 5) is 25.3. The van der Waals surface area contributed by atoms with Crippen LogP contribution in [0.25, 0.3) is 0 Å². The third-order valence-electron chi connectivity index (χ3n) is 6.22. The summed E-state index contributed by atoms with van der Waals surface area (Å²) in [5.41, 5.74) is 8.09. The second-order valence-electron chi connectivity index (χ2n) is 9.16. The number of ether oxygens (including phenoxy) is 4. The first kappa shape index (κ1) is 28.3. The van der Waals surface area contributed by atoms with Gasteiger partial charge in [-0.3, -0.25) is 10.1 Å². The monoisotopic (exact) mass is 547 g/mol. The van der Waals surface area contributed by atoms with Gasteiger partial charge in [-0.1, -0.05) is 43.3 Å². The number of hydrogen-bond donors (Lipinski definition) is 4. The van der Waals surface area contributed by atoms with E-state index in [4.69, 9.17) is 24.7 Å². The molecule has 4 rings (SSSR count). The van der Waals surface area contributed by atoms with Gasteiger partial charge in [0.2, 0.25) is 12.7 Å². The Kier molecular flexibility index (Phi) is 9.84. The lowest BCUT2D eigenvalue weighted by molar-refractivity contribution is -0.111. The molecule has 0 radical (unpaired) electrons. The summed E-state index contributed by atoms with van der Waals surface area (Å²) < 4.78 is 22.4. The van der Waals surface area contributed by atoms with Gasteiger partial charge in [-0.15, -0.1) is 0 Å². The van der Waals surface area contributed by atoms with Crippen LogP contribution in [0.4, 0.5) is 21.9 Å². The van der Waals surface area contributed by atoms with Gasteiger partial charge in [0.05, 0.1) is 18.0 Å². The Bertz CT molecular complexity index is 1340. The van der Waals surface area contributed by atoms with Gasteiger partial charge >= 0.3 is 6.09 Å². The Labute approximate surface area is 232 Å². The molecule has 0 saturated heterocycles. The van der Waals surface area contributed by atoms with Crippen LogP contribution in [0.3, 0.4) is 0 Å². The van der Waals surface area contributed by atoms with E-state index in [-0.39, 0.29) is 31.8 Å². The molecule has 5 N–H and O–H groups in total. The third kappa shape index (κ3) is 7.67. The van der Waals surface area contributed by atoms with E-state index < -0.39 is 12.2 Å². The molecule has 10 heteroatoms. The summed E-state index contributed by atoms with van der Waals surface area (Å²) in [5, 5.41) is 14.8. The molecule has 0 spiro atoms. The van der Waals surface area contributed by atoms with Crippen LogP contribution in [-0.2, 0) is 9.53 Å². The van der Waals surface area contributed by atoms with Gasteiger partial charge in [0.25, 0.3) is 0 Å². The normalized spacial score (nSPS) is 13.4. The molecule has 0 fully saturated rings. The van der Waals surface area contributed by atoms with Crippen molar-refractivity contribution in [3.63, 3.8) is 0 Å². The van der Waals surface area contributed by atoms with Crippen molar-refractivity contribution in [2.24, 2.45) is 5.92 Å². The first-order valence-corrected chi connectivity index (χ1v) is 13.0. The molecular weight excluding hydrogens is 514 g/mol. The van der Waals surface area contributed by atoms with Gasteiger partial charge in [-0.2, -0.15) is 0 Å². The zero-order valence-corrected chi connectivity index (χ0v) is 22.2. The van der Waals surface area contributed by atoms with Crippen LogP contribution in [0.1, 0.15) is 31.4 Å². The first-order chi connectivity index (χ1) is 19.4. The number of hydrogen-bond acceptors (Lipinski definition) is 8. The minimum absolute atomic E-state index is 0.102. The van der Waals surface area contributed by atoms with E-state index in [0.717, 1.165) is 0 Å². The number of amides is 2. The molecule has 210 valence electrons. The molecule has 2 atom stereocenters. The minimum atomic E-state index is -0.671. The second kappa shape index (κ2) is 13.9. The zero-order chi connectivity index (χ0) is 28.3. The maximum atomic E-state index is 13.0. The molecule has 0 aromatic heterocycles.